The summed E-state index contributed by atoms with van der Waals surface area (Å²) in [5.74, 6) is -1.15. The van der Waals surface area contributed by atoms with Crippen LogP contribution in [0, 0.1) is 5.92 Å². The van der Waals surface area contributed by atoms with E-state index >= 15 is 0 Å². The predicted octanol–water partition coefficient (Wildman–Crippen LogP) is 3.93. The van der Waals surface area contributed by atoms with Crippen molar-refractivity contribution in [1.82, 2.24) is 9.62 Å². The van der Waals surface area contributed by atoms with Crippen molar-refractivity contribution in [2.45, 2.75) is 30.3 Å². The molecule has 0 radical (unpaired) electrons. The Hall–Kier alpha value is -3.49. The third-order valence-electron chi connectivity index (χ3n) is 6.26. The molecule has 0 aromatic heterocycles. The fourth-order valence-corrected chi connectivity index (χ4v) is 6.12. The van der Waals surface area contributed by atoms with Gasteiger partial charge in [0, 0.05) is 13.1 Å². The third kappa shape index (κ3) is 5.61. The molecule has 1 aliphatic rings. The number of hydrogen-bond donors (Lipinski definition) is 1. The highest BCUT2D eigenvalue weighted by Crippen LogP contribution is 2.37. The zero-order valence-corrected chi connectivity index (χ0v) is 20.3. The summed E-state index contributed by atoms with van der Waals surface area (Å²) in [6, 6.07) is 24.4. The van der Waals surface area contributed by atoms with Crippen molar-refractivity contribution >= 4 is 21.9 Å². The number of benzene rings is 3. The highest BCUT2D eigenvalue weighted by atomic mass is 32.2. The summed E-state index contributed by atoms with van der Waals surface area (Å²) >= 11 is 0. The SMILES string of the molecule is COC(=O)c1cccc(CNC(=O)C2CCC(c3ccccc3)N(S(=O)(=O)c3ccccc3)C2)c1. The number of rotatable bonds is 7. The van der Waals surface area contributed by atoms with Gasteiger partial charge in [0.2, 0.25) is 15.9 Å². The standard InChI is InChI=1S/C27H28N2O5S/c1-34-27(31)22-12-8-9-20(17-22)18-28-26(30)23-15-16-25(21-10-4-2-5-11-21)29(19-23)35(32,33)24-13-6-3-7-14-24/h2-14,17,23,25H,15-16,18-19H2,1H3,(H,28,30). The van der Waals surface area contributed by atoms with Crippen LogP contribution in [0.1, 0.15) is 40.4 Å². The number of methoxy groups -OCH3 is 1. The Bertz CT molecular complexity index is 1280. The molecule has 1 aliphatic heterocycles. The molecule has 4 rings (SSSR count). The Morgan fingerprint density at radius 1 is 0.943 bits per heavy atom. The molecule has 1 heterocycles. The number of amides is 1. The highest BCUT2D eigenvalue weighted by Gasteiger charge is 2.39. The fraction of sp³-hybridized carbons (Fsp3) is 0.259. The van der Waals surface area contributed by atoms with Gasteiger partial charge in [0.25, 0.3) is 0 Å². The van der Waals surface area contributed by atoms with Crippen molar-refractivity contribution in [1.29, 1.82) is 0 Å². The van der Waals surface area contributed by atoms with E-state index < -0.39 is 21.9 Å². The molecule has 1 N–H and O–H groups in total. The van der Waals surface area contributed by atoms with E-state index in [1.54, 1.807) is 48.5 Å². The van der Waals surface area contributed by atoms with Gasteiger partial charge in [0.1, 0.15) is 0 Å². The van der Waals surface area contributed by atoms with E-state index in [1.807, 2.05) is 36.4 Å². The van der Waals surface area contributed by atoms with Crippen LogP contribution in [-0.4, -0.2) is 38.3 Å². The number of carbonyl (C=O) groups excluding carboxylic acids is 2. The highest BCUT2D eigenvalue weighted by molar-refractivity contribution is 7.89. The minimum atomic E-state index is -3.81. The molecule has 1 amide bonds. The fourth-order valence-electron chi connectivity index (χ4n) is 4.41. The Labute approximate surface area is 205 Å². The van der Waals surface area contributed by atoms with Crippen LogP contribution in [0.5, 0.6) is 0 Å². The summed E-state index contributed by atoms with van der Waals surface area (Å²) in [7, 11) is -2.49. The lowest BCUT2D eigenvalue weighted by molar-refractivity contribution is -0.126. The van der Waals surface area contributed by atoms with Crippen LogP contribution in [0.15, 0.2) is 89.8 Å². The maximum Gasteiger partial charge on any atom is 0.337 e. The summed E-state index contributed by atoms with van der Waals surface area (Å²) < 4.78 is 33.4. The summed E-state index contributed by atoms with van der Waals surface area (Å²) in [5, 5.41) is 2.91. The van der Waals surface area contributed by atoms with Crippen molar-refractivity contribution in [3.63, 3.8) is 0 Å². The number of nitrogens with one attached hydrogen (secondary N) is 1. The predicted molar refractivity (Wildman–Crippen MR) is 132 cm³/mol. The summed E-state index contributed by atoms with van der Waals surface area (Å²) in [5.41, 5.74) is 2.07. The molecule has 3 aromatic carbocycles. The van der Waals surface area contributed by atoms with Gasteiger partial charge in [-0.25, -0.2) is 13.2 Å². The summed E-state index contributed by atoms with van der Waals surface area (Å²) in [6.07, 6.45) is 1.10. The van der Waals surface area contributed by atoms with E-state index in [1.165, 1.54) is 11.4 Å². The maximum atomic E-state index is 13.6. The molecule has 1 saturated heterocycles. The van der Waals surface area contributed by atoms with E-state index in [-0.39, 0.29) is 29.9 Å². The number of hydrogen-bond acceptors (Lipinski definition) is 5. The smallest absolute Gasteiger partial charge is 0.337 e. The molecule has 7 nitrogen and oxygen atoms in total. The van der Waals surface area contributed by atoms with Crippen molar-refractivity contribution < 1.29 is 22.7 Å². The number of nitrogens with zero attached hydrogens (tertiary/aromatic N) is 1. The largest absolute Gasteiger partial charge is 0.465 e. The van der Waals surface area contributed by atoms with Crippen LogP contribution >= 0.6 is 0 Å². The molecule has 0 bridgehead atoms. The molecule has 2 unspecified atom stereocenters. The third-order valence-corrected chi connectivity index (χ3v) is 8.15. The first kappa shape index (κ1) is 24.6. The van der Waals surface area contributed by atoms with Gasteiger partial charge >= 0.3 is 5.97 Å². The second kappa shape index (κ2) is 10.8. The van der Waals surface area contributed by atoms with Gasteiger partial charge < -0.3 is 10.1 Å². The maximum absolute atomic E-state index is 13.6. The number of carbonyl (C=O) groups is 2. The molecule has 3 aromatic rings. The average Bonchev–Trinajstić information content (AvgIpc) is 2.92. The molecular formula is C27H28N2O5S. The van der Waals surface area contributed by atoms with Crippen molar-refractivity contribution in [2.24, 2.45) is 5.92 Å². The van der Waals surface area contributed by atoms with E-state index in [9.17, 15) is 18.0 Å². The lowest BCUT2D eigenvalue weighted by Crippen LogP contribution is -2.46. The monoisotopic (exact) mass is 492 g/mol. The van der Waals surface area contributed by atoms with Gasteiger partial charge in [0.15, 0.2) is 0 Å². The molecule has 8 heteroatoms. The number of sulfonamides is 1. The van der Waals surface area contributed by atoms with Crippen LogP contribution in [0.3, 0.4) is 0 Å². The quantitative estimate of drug-likeness (QED) is 0.505. The van der Waals surface area contributed by atoms with E-state index in [4.69, 9.17) is 4.74 Å². The van der Waals surface area contributed by atoms with Crippen molar-refractivity contribution in [3.8, 4) is 0 Å². The molecule has 0 spiro atoms. The van der Waals surface area contributed by atoms with Crippen LogP contribution in [0.25, 0.3) is 0 Å². The van der Waals surface area contributed by atoms with Crippen LogP contribution < -0.4 is 5.32 Å². The van der Waals surface area contributed by atoms with Crippen LogP contribution in [0.4, 0.5) is 0 Å². The number of piperidine rings is 1. The second-order valence-electron chi connectivity index (χ2n) is 8.50. The Morgan fingerprint density at radius 2 is 1.63 bits per heavy atom. The van der Waals surface area contributed by atoms with Gasteiger partial charge in [-0.15, -0.1) is 0 Å². The van der Waals surface area contributed by atoms with Gasteiger partial charge in [-0.3, -0.25) is 4.79 Å². The topological polar surface area (TPSA) is 92.8 Å². The van der Waals surface area contributed by atoms with Crippen LogP contribution in [-0.2, 0) is 26.1 Å². The first-order valence-corrected chi connectivity index (χ1v) is 12.9. The normalized spacial score (nSPS) is 18.5. The lowest BCUT2D eigenvalue weighted by atomic mass is 9.90. The van der Waals surface area contributed by atoms with E-state index in [0.717, 1.165) is 11.1 Å². The second-order valence-corrected chi connectivity index (χ2v) is 10.4. The lowest BCUT2D eigenvalue weighted by Gasteiger charge is -2.38. The Morgan fingerprint density at radius 3 is 2.31 bits per heavy atom. The van der Waals surface area contributed by atoms with Crippen molar-refractivity contribution in [2.75, 3.05) is 13.7 Å². The first-order valence-electron chi connectivity index (χ1n) is 11.5. The Kier molecular flexibility index (Phi) is 7.63. The Balaban J connectivity index is 1.52. The molecule has 2 atom stereocenters. The number of esters is 1. The first-order chi connectivity index (χ1) is 16.9. The number of ether oxygens (including phenoxy) is 1. The zero-order chi connectivity index (χ0) is 24.8. The molecular weight excluding hydrogens is 464 g/mol. The summed E-state index contributed by atoms with van der Waals surface area (Å²) in [6.45, 7) is 0.318. The van der Waals surface area contributed by atoms with E-state index in [2.05, 4.69) is 5.32 Å². The van der Waals surface area contributed by atoms with Gasteiger partial charge in [-0.05, 0) is 48.2 Å². The minimum Gasteiger partial charge on any atom is -0.465 e. The molecule has 0 aliphatic carbocycles. The molecule has 0 saturated carbocycles. The van der Waals surface area contributed by atoms with Gasteiger partial charge in [0.05, 0.1) is 29.5 Å². The van der Waals surface area contributed by atoms with Gasteiger partial charge in [-0.2, -0.15) is 4.31 Å². The molecule has 182 valence electrons. The van der Waals surface area contributed by atoms with E-state index in [0.29, 0.717) is 18.4 Å². The van der Waals surface area contributed by atoms with Crippen LogP contribution in [0.2, 0.25) is 0 Å². The van der Waals surface area contributed by atoms with Crippen molar-refractivity contribution in [3.05, 3.63) is 102 Å². The molecule has 35 heavy (non-hydrogen) atoms. The average molecular weight is 493 g/mol. The summed E-state index contributed by atoms with van der Waals surface area (Å²) in [4.78, 5) is 25.1. The minimum absolute atomic E-state index is 0.0881. The zero-order valence-electron chi connectivity index (χ0n) is 19.5. The molecule has 1 fully saturated rings. The van der Waals surface area contributed by atoms with Gasteiger partial charge in [-0.1, -0.05) is 60.7 Å².